The van der Waals surface area contributed by atoms with Crippen LogP contribution in [0.4, 0.5) is 0 Å². The Morgan fingerprint density at radius 1 is 1.10 bits per heavy atom. The molecule has 0 aliphatic heterocycles. The lowest BCUT2D eigenvalue weighted by Crippen LogP contribution is -2.11. The molecular weight excluding hydrogens is 330 g/mol. The van der Waals surface area contributed by atoms with Gasteiger partial charge in [-0.25, -0.2) is 0 Å². The summed E-state index contributed by atoms with van der Waals surface area (Å²) < 4.78 is 6.22. The number of fused-ring (bicyclic) bond motifs is 2. The maximum Gasteiger partial charge on any atom is 0.194 e. The van der Waals surface area contributed by atoms with Crippen molar-refractivity contribution in [1.82, 2.24) is 4.98 Å². The first kappa shape index (κ1) is 12.5. The van der Waals surface area contributed by atoms with Gasteiger partial charge < -0.3 is 4.74 Å². The van der Waals surface area contributed by atoms with Crippen LogP contribution in [0.1, 0.15) is 15.9 Å². The molecule has 3 aromatic rings. The van der Waals surface area contributed by atoms with E-state index in [-0.39, 0.29) is 5.78 Å². The van der Waals surface area contributed by atoms with Gasteiger partial charge in [-0.1, -0.05) is 24.3 Å². The summed E-state index contributed by atoms with van der Waals surface area (Å²) in [5.74, 6) is 0.671. The van der Waals surface area contributed by atoms with Crippen LogP contribution < -0.4 is 4.74 Å². The van der Waals surface area contributed by atoms with E-state index < -0.39 is 0 Å². The summed E-state index contributed by atoms with van der Waals surface area (Å²) in [5.41, 5.74) is 3.07. The van der Waals surface area contributed by atoms with Crippen molar-refractivity contribution in [1.29, 1.82) is 0 Å². The van der Waals surface area contributed by atoms with Gasteiger partial charge in [0.05, 0.1) is 17.3 Å². The average Bonchev–Trinajstić information content (AvgIpc) is 2.54. The van der Waals surface area contributed by atoms with Crippen molar-refractivity contribution in [3.63, 3.8) is 0 Å². The van der Waals surface area contributed by atoms with E-state index in [1.807, 2.05) is 30.3 Å². The molecule has 0 unspecified atom stereocenters. The number of benzene rings is 2. The first-order valence-corrected chi connectivity index (χ1v) is 7.31. The number of carbonyl (C=O) groups is 1. The van der Waals surface area contributed by atoms with Crippen LogP contribution in [0.5, 0.6) is 5.75 Å². The van der Waals surface area contributed by atoms with Crippen LogP contribution in [0, 0.1) is 0 Å². The van der Waals surface area contributed by atoms with Crippen molar-refractivity contribution in [2.45, 2.75) is 0 Å². The molecule has 4 rings (SSSR count). The van der Waals surface area contributed by atoms with Crippen molar-refractivity contribution < 1.29 is 9.53 Å². The van der Waals surface area contributed by atoms with Gasteiger partial charge in [-0.05, 0) is 28.1 Å². The van der Waals surface area contributed by atoms with Gasteiger partial charge in [-0.2, -0.15) is 0 Å². The van der Waals surface area contributed by atoms with Gasteiger partial charge in [-0.3, -0.25) is 9.78 Å². The highest BCUT2D eigenvalue weighted by atomic mass is 79.9. The largest absolute Gasteiger partial charge is 0.496 e. The summed E-state index contributed by atoms with van der Waals surface area (Å²) in [5, 5.41) is 1.83. The minimum atomic E-state index is 0.0156. The third-order valence-electron chi connectivity index (χ3n) is 3.84. The topological polar surface area (TPSA) is 39.2 Å². The Hall–Kier alpha value is -2.20. The molecule has 0 fully saturated rings. The van der Waals surface area contributed by atoms with Crippen molar-refractivity contribution in [2.24, 2.45) is 0 Å². The lowest BCUT2D eigenvalue weighted by Gasteiger charge is -2.20. The number of nitrogens with zero attached hydrogens (tertiary/aromatic N) is 1. The number of aromatic nitrogens is 1. The third-order valence-corrected chi connectivity index (χ3v) is 4.66. The molecule has 1 aromatic heterocycles. The number of halogens is 1. The zero-order valence-electron chi connectivity index (χ0n) is 11.2. The van der Waals surface area contributed by atoms with Crippen LogP contribution >= 0.6 is 15.9 Å². The minimum Gasteiger partial charge on any atom is -0.496 e. The van der Waals surface area contributed by atoms with Crippen molar-refractivity contribution in [3.8, 4) is 17.0 Å². The molecule has 0 saturated carbocycles. The number of hydrogen-bond acceptors (Lipinski definition) is 3. The summed E-state index contributed by atoms with van der Waals surface area (Å²) in [6.07, 6.45) is 1.76. The van der Waals surface area contributed by atoms with E-state index in [1.165, 1.54) is 0 Å². The summed E-state index contributed by atoms with van der Waals surface area (Å²) in [7, 11) is 1.60. The van der Waals surface area contributed by atoms with Gasteiger partial charge in [0.1, 0.15) is 5.75 Å². The lowest BCUT2D eigenvalue weighted by molar-refractivity contribution is 0.104. The molecule has 0 atom stereocenters. The minimum absolute atomic E-state index is 0.0156. The third kappa shape index (κ3) is 1.59. The monoisotopic (exact) mass is 339 g/mol. The molecule has 0 N–H and O–H groups in total. The summed E-state index contributed by atoms with van der Waals surface area (Å²) in [6.45, 7) is 0. The lowest BCUT2D eigenvalue weighted by atomic mass is 9.85. The quantitative estimate of drug-likeness (QED) is 0.521. The van der Waals surface area contributed by atoms with Gasteiger partial charge in [0.25, 0.3) is 0 Å². The fraction of sp³-hybridized carbons (Fsp3) is 0.0588. The van der Waals surface area contributed by atoms with E-state index in [9.17, 15) is 4.79 Å². The van der Waals surface area contributed by atoms with Crippen LogP contribution in [0.2, 0.25) is 0 Å². The standard InChI is InChI=1S/C17H10BrNO2/c1-21-13-8-12-14-11(15(13)18)6-7-19-16(14)9-4-2-3-5-10(9)17(12)20/h2-8H,1H3. The SMILES string of the molecule is COc1cc2c3c(nccc3c1Br)-c1ccccc1C2=O. The maximum atomic E-state index is 12.8. The number of pyridine rings is 1. The number of carbonyl (C=O) groups excluding carboxylic acids is 1. The average molecular weight is 340 g/mol. The van der Waals surface area contributed by atoms with Crippen molar-refractivity contribution >= 4 is 32.5 Å². The normalized spacial score (nSPS) is 12.4. The van der Waals surface area contributed by atoms with E-state index in [1.54, 1.807) is 19.4 Å². The molecule has 2 aromatic carbocycles. The Labute approximate surface area is 129 Å². The zero-order chi connectivity index (χ0) is 14.6. The molecule has 0 spiro atoms. The van der Waals surface area contributed by atoms with E-state index in [2.05, 4.69) is 20.9 Å². The highest BCUT2D eigenvalue weighted by molar-refractivity contribution is 9.10. The van der Waals surface area contributed by atoms with Crippen LogP contribution in [0.3, 0.4) is 0 Å². The Bertz CT molecular complexity index is 918. The number of hydrogen-bond donors (Lipinski definition) is 0. The van der Waals surface area contributed by atoms with Gasteiger partial charge in [0.15, 0.2) is 5.78 Å². The predicted molar refractivity (Wildman–Crippen MR) is 84.9 cm³/mol. The molecular formula is C17H10BrNO2. The van der Waals surface area contributed by atoms with Gasteiger partial charge >= 0.3 is 0 Å². The Morgan fingerprint density at radius 3 is 2.62 bits per heavy atom. The molecule has 0 amide bonds. The van der Waals surface area contributed by atoms with Gasteiger partial charge in [0, 0.05) is 33.7 Å². The Balaban J connectivity index is 2.24. The van der Waals surface area contributed by atoms with Gasteiger partial charge in [-0.15, -0.1) is 0 Å². The van der Waals surface area contributed by atoms with E-state index in [0.717, 1.165) is 26.5 Å². The molecule has 21 heavy (non-hydrogen) atoms. The molecule has 0 radical (unpaired) electrons. The highest BCUT2D eigenvalue weighted by Gasteiger charge is 2.27. The fourth-order valence-corrected chi connectivity index (χ4v) is 3.49. The van der Waals surface area contributed by atoms with E-state index in [0.29, 0.717) is 16.9 Å². The summed E-state index contributed by atoms with van der Waals surface area (Å²) >= 11 is 3.56. The second kappa shape index (κ2) is 4.40. The molecule has 0 saturated heterocycles. The Morgan fingerprint density at radius 2 is 1.86 bits per heavy atom. The van der Waals surface area contributed by atoms with Crippen LogP contribution in [0.25, 0.3) is 22.0 Å². The summed E-state index contributed by atoms with van der Waals surface area (Å²) in [4.78, 5) is 17.3. The highest BCUT2D eigenvalue weighted by Crippen LogP contribution is 2.43. The number of ketones is 1. The van der Waals surface area contributed by atoms with Gasteiger partial charge in [0.2, 0.25) is 0 Å². The molecule has 1 aliphatic carbocycles. The zero-order valence-corrected chi connectivity index (χ0v) is 12.8. The molecule has 0 bridgehead atoms. The molecule has 4 heteroatoms. The molecule has 102 valence electrons. The fourth-order valence-electron chi connectivity index (χ4n) is 2.88. The molecule has 3 nitrogen and oxygen atoms in total. The number of methoxy groups -OCH3 is 1. The van der Waals surface area contributed by atoms with Crippen molar-refractivity contribution in [2.75, 3.05) is 7.11 Å². The van der Waals surface area contributed by atoms with Crippen LogP contribution in [-0.4, -0.2) is 17.9 Å². The number of ether oxygens (including phenoxy) is 1. The van der Waals surface area contributed by atoms with E-state index in [4.69, 9.17) is 4.74 Å². The first-order chi connectivity index (χ1) is 10.2. The van der Waals surface area contributed by atoms with Crippen LogP contribution in [-0.2, 0) is 0 Å². The first-order valence-electron chi connectivity index (χ1n) is 6.51. The second-order valence-corrected chi connectivity index (χ2v) is 5.69. The Kier molecular flexibility index (Phi) is 2.62. The maximum absolute atomic E-state index is 12.8. The van der Waals surface area contributed by atoms with Crippen molar-refractivity contribution in [3.05, 3.63) is 58.2 Å². The number of rotatable bonds is 1. The second-order valence-electron chi connectivity index (χ2n) is 4.90. The predicted octanol–water partition coefficient (Wildman–Crippen LogP) is 4.22. The summed E-state index contributed by atoms with van der Waals surface area (Å²) in [6, 6.07) is 11.3. The smallest absolute Gasteiger partial charge is 0.194 e. The molecule has 1 heterocycles. The van der Waals surface area contributed by atoms with E-state index >= 15 is 0 Å². The van der Waals surface area contributed by atoms with Crippen LogP contribution in [0.15, 0.2) is 47.1 Å². The molecule has 1 aliphatic rings.